The molecular formula is C14H18N2O3. The Morgan fingerprint density at radius 3 is 2.74 bits per heavy atom. The Bertz CT molecular complexity index is 513. The lowest BCUT2D eigenvalue weighted by molar-refractivity contribution is 0.0696. The highest BCUT2D eigenvalue weighted by atomic mass is 16.4. The lowest BCUT2D eigenvalue weighted by atomic mass is 10.1. The lowest BCUT2D eigenvalue weighted by Gasteiger charge is -2.09. The molecule has 0 spiro atoms. The molecule has 1 aromatic rings. The molecule has 0 aliphatic heterocycles. The maximum Gasteiger partial charge on any atom is 0.336 e. The first-order valence-corrected chi connectivity index (χ1v) is 6.42. The molecule has 2 rings (SSSR count). The zero-order chi connectivity index (χ0) is 14.0. The predicted molar refractivity (Wildman–Crippen MR) is 72.5 cm³/mol. The summed E-state index contributed by atoms with van der Waals surface area (Å²) < 4.78 is 0. The van der Waals surface area contributed by atoms with E-state index in [9.17, 15) is 9.59 Å². The molecular weight excluding hydrogens is 244 g/mol. The van der Waals surface area contributed by atoms with E-state index in [-0.39, 0.29) is 17.6 Å². The molecule has 0 heterocycles. The molecule has 1 aliphatic rings. The van der Waals surface area contributed by atoms with E-state index >= 15 is 0 Å². The van der Waals surface area contributed by atoms with E-state index in [1.165, 1.54) is 6.07 Å². The molecule has 1 aromatic carbocycles. The maximum absolute atomic E-state index is 11.7. The monoisotopic (exact) mass is 262 g/mol. The fraction of sp³-hybridized carbons (Fsp3) is 0.429. The van der Waals surface area contributed by atoms with Crippen molar-refractivity contribution in [2.45, 2.75) is 32.7 Å². The third-order valence-corrected chi connectivity index (χ3v) is 3.49. The van der Waals surface area contributed by atoms with Gasteiger partial charge in [-0.3, -0.25) is 0 Å². The highest BCUT2D eigenvalue weighted by molar-refractivity contribution is 5.94. The standard InChI is InChI=1S/C14H18N2O3/c1-3-9-6-12(9)16-14(19)15-10-5-4-8(2)11(7-10)13(17)18/h4-5,7,9,12H,3,6H2,1-2H3,(H,17,18)(H2,15,16,19). The molecule has 1 saturated carbocycles. The van der Waals surface area contributed by atoms with Gasteiger partial charge in [-0.05, 0) is 37.0 Å². The molecule has 0 radical (unpaired) electrons. The van der Waals surface area contributed by atoms with Crippen molar-refractivity contribution in [2.75, 3.05) is 5.32 Å². The second-order valence-electron chi connectivity index (χ2n) is 4.94. The van der Waals surface area contributed by atoms with Gasteiger partial charge in [0.05, 0.1) is 5.56 Å². The van der Waals surface area contributed by atoms with Gasteiger partial charge in [0, 0.05) is 11.7 Å². The smallest absolute Gasteiger partial charge is 0.336 e. The highest BCUT2D eigenvalue weighted by Crippen LogP contribution is 2.33. The Morgan fingerprint density at radius 1 is 1.42 bits per heavy atom. The summed E-state index contributed by atoms with van der Waals surface area (Å²) in [5.74, 6) is -0.409. The molecule has 1 fully saturated rings. The number of nitrogens with one attached hydrogen (secondary N) is 2. The number of urea groups is 1. The number of benzene rings is 1. The minimum atomic E-state index is -0.991. The molecule has 3 N–H and O–H groups in total. The number of aryl methyl sites for hydroxylation is 1. The number of rotatable bonds is 4. The first-order chi connectivity index (χ1) is 9.01. The van der Waals surface area contributed by atoms with Crippen LogP contribution in [0.5, 0.6) is 0 Å². The average Bonchev–Trinajstić information content (AvgIpc) is 3.09. The summed E-state index contributed by atoms with van der Waals surface area (Å²) in [6, 6.07) is 4.84. The largest absolute Gasteiger partial charge is 0.478 e. The van der Waals surface area contributed by atoms with Gasteiger partial charge in [0.25, 0.3) is 0 Å². The van der Waals surface area contributed by atoms with Gasteiger partial charge in [-0.1, -0.05) is 19.4 Å². The summed E-state index contributed by atoms with van der Waals surface area (Å²) >= 11 is 0. The van der Waals surface area contributed by atoms with Crippen LogP contribution in [0.1, 0.15) is 35.7 Å². The van der Waals surface area contributed by atoms with Crippen LogP contribution in [0, 0.1) is 12.8 Å². The van der Waals surface area contributed by atoms with Crippen molar-refractivity contribution >= 4 is 17.7 Å². The number of carbonyl (C=O) groups is 2. The quantitative estimate of drug-likeness (QED) is 0.780. The van der Waals surface area contributed by atoms with E-state index < -0.39 is 5.97 Å². The van der Waals surface area contributed by atoms with Crippen LogP contribution in [0.2, 0.25) is 0 Å². The van der Waals surface area contributed by atoms with Gasteiger partial charge in [-0.15, -0.1) is 0 Å². The Kier molecular flexibility index (Phi) is 3.74. The molecule has 1 aliphatic carbocycles. The van der Waals surface area contributed by atoms with Gasteiger partial charge in [-0.2, -0.15) is 0 Å². The number of amides is 2. The summed E-state index contributed by atoms with van der Waals surface area (Å²) in [5, 5.41) is 14.6. The Balaban J connectivity index is 1.97. The van der Waals surface area contributed by atoms with Crippen molar-refractivity contribution in [1.29, 1.82) is 0 Å². The molecule has 102 valence electrons. The third-order valence-electron chi connectivity index (χ3n) is 3.49. The number of hydrogen-bond acceptors (Lipinski definition) is 2. The number of anilines is 1. The molecule has 2 unspecified atom stereocenters. The zero-order valence-electron chi connectivity index (χ0n) is 11.1. The first-order valence-electron chi connectivity index (χ1n) is 6.42. The van der Waals surface area contributed by atoms with Crippen molar-refractivity contribution in [2.24, 2.45) is 5.92 Å². The zero-order valence-corrected chi connectivity index (χ0v) is 11.1. The second kappa shape index (κ2) is 5.30. The molecule has 2 atom stereocenters. The SMILES string of the molecule is CCC1CC1NC(=O)Nc1ccc(C)c(C(=O)O)c1. The fourth-order valence-electron chi connectivity index (χ4n) is 2.14. The Morgan fingerprint density at radius 2 is 2.16 bits per heavy atom. The molecule has 2 amide bonds. The van der Waals surface area contributed by atoms with Crippen LogP contribution >= 0.6 is 0 Å². The lowest BCUT2D eigenvalue weighted by Crippen LogP contribution is -2.31. The van der Waals surface area contributed by atoms with Crippen LogP contribution in [-0.4, -0.2) is 23.1 Å². The van der Waals surface area contributed by atoms with E-state index in [1.807, 2.05) is 0 Å². The van der Waals surface area contributed by atoms with E-state index in [2.05, 4.69) is 17.6 Å². The van der Waals surface area contributed by atoms with Gasteiger partial charge < -0.3 is 15.7 Å². The van der Waals surface area contributed by atoms with E-state index in [0.717, 1.165) is 12.8 Å². The van der Waals surface area contributed by atoms with Crippen molar-refractivity contribution < 1.29 is 14.7 Å². The van der Waals surface area contributed by atoms with Crippen LogP contribution < -0.4 is 10.6 Å². The third kappa shape index (κ3) is 3.24. The van der Waals surface area contributed by atoms with E-state index in [4.69, 9.17) is 5.11 Å². The van der Waals surface area contributed by atoms with Gasteiger partial charge in [0.2, 0.25) is 0 Å². The molecule has 0 bridgehead atoms. The topological polar surface area (TPSA) is 78.4 Å². The second-order valence-corrected chi connectivity index (χ2v) is 4.94. The summed E-state index contributed by atoms with van der Waals surface area (Å²) in [5.41, 5.74) is 1.37. The number of carboxylic acid groups (broad SMARTS) is 1. The van der Waals surface area contributed by atoms with Crippen LogP contribution in [0.4, 0.5) is 10.5 Å². The minimum absolute atomic E-state index is 0.204. The molecule has 19 heavy (non-hydrogen) atoms. The normalized spacial score (nSPS) is 20.7. The van der Waals surface area contributed by atoms with Crippen LogP contribution in [0.25, 0.3) is 0 Å². The maximum atomic E-state index is 11.7. The van der Waals surface area contributed by atoms with Gasteiger partial charge in [0.15, 0.2) is 0 Å². The van der Waals surface area contributed by atoms with Gasteiger partial charge >= 0.3 is 12.0 Å². The number of hydrogen-bond donors (Lipinski definition) is 3. The fourth-order valence-corrected chi connectivity index (χ4v) is 2.14. The summed E-state index contributed by atoms with van der Waals surface area (Å²) in [6.07, 6.45) is 2.09. The summed E-state index contributed by atoms with van der Waals surface area (Å²) in [4.78, 5) is 22.7. The van der Waals surface area contributed by atoms with E-state index in [1.54, 1.807) is 19.1 Å². The van der Waals surface area contributed by atoms with Gasteiger partial charge in [0.1, 0.15) is 0 Å². The van der Waals surface area contributed by atoms with Crippen LogP contribution in [0.3, 0.4) is 0 Å². The predicted octanol–water partition coefficient (Wildman–Crippen LogP) is 2.61. The average molecular weight is 262 g/mol. The molecule has 0 saturated heterocycles. The Hall–Kier alpha value is -2.04. The van der Waals surface area contributed by atoms with Crippen molar-refractivity contribution in [3.8, 4) is 0 Å². The van der Waals surface area contributed by atoms with Gasteiger partial charge in [-0.25, -0.2) is 9.59 Å². The Labute approximate surface area is 112 Å². The number of carboxylic acids is 1. The summed E-state index contributed by atoms with van der Waals surface area (Å²) in [6.45, 7) is 3.83. The summed E-state index contributed by atoms with van der Waals surface area (Å²) in [7, 11) is 0. The number of aromatic carboxylic acids is 1. The van der Waals surface area contributed by atoms with Crippen LogP contribution in [0.15, 0.2) is 18.2 Å². The van der Waals surface area contributed by atoms with E-state index in [0.29, 0.717) is 17.2 Å². The first kappa shape index (κ1) is 13.4. The van der Waals surface area contributed by atoms with Crippen molar-refractivity contribution in [3.63, 3.8) is 0 Å². The van der Waals surface area contributed by atoms with Crippen molar-refractivity contribution in [3.05, 3.63) is 29.3 Å². The minimum Gasteiger partial charge on any atom is -0.478 e. The van der Waals surface area contributed by atoms with Crippen molar-refractivity contribution in [1.82, 2.24) is 5.32 Å². The number of carbonyl (C=O) groups excluding carboxylic acids is 1. The molecule has 0 aromatic heterocycles. The highest BCUT2D eigenvalue weighted by Gasteiger charge is 2.36. The molecule has 5 heteroatoms. The van der Waals surface area contributed by atoms with Crippen LogP contribution in [-0.2, 0) is 0 Å². The molecule has 5 nitrogen and oxygen atoms in total.